The van der Waals surface area contributed by atoms with Crippen LogP contribution in [0.25, 0.3) is 11.0 Å². The number of ether oxygens (including phenoxy) is 1. The van der Waals surface area contributed by atoms with Gasteiger partial charge in [-0.1, -0.05) is 60.5 Å². The average molecular weight is 448 g/mol. The van der Waals surface area contributed by atoms with Crippen LogP contribution in [0.1, 0.15) is 36.3 Å². The van der Waals surface area contributed by atoms with Gasteiger partial charge in [-0.05, 0) is 55.3 Å². The lowest BCUT2D eigenvalue weighted by atomic mass is 10.2. The van der Waals surface area contributed by atoms with E-state index in [9.17, 15) is 4.79 Å². The lowest BCUT2D eigenvalue weighted by Gasteiger charge is -2.19. The fourth-order valence-corrected chi connectivity index (χ4v) is 3.79. The van der Waals surface area contributed by atoms with Crippen molar-refractivity contribution in [3.05, 3.63) is 94.8 Å². The molecule has 6 heteroatoms. The maximum atomic E-state index is 12.7. The quantitative estimate of drug-likeness (QED) is 0.377. The smallest absolute Gasteiger partial charge is 0.258 e. The first kappa shape index (κ1) is 21.9. The van der Waals surface area contributed by atoms with Crippen LogP contribution in [0.2, 0.25) is 5.02 Å². The molecule has 5 nitrogen and oxygen atoms in total. The number of nitrogens with zero attached hydrogens (tertiary/aromatic N) is 2. The van der Waals surface area contributed by atoms with Crippen LogP contribution in [0.5, 0.6) is 5.75 Å². The van der Waals surface area contributed by atoms with Gasteiger partial charge in [-0.2, -0.15) is 0 Å². The molecule has 0 spiro atoms. The van der Waals surface area contributed by atoms with Crippen LogP contribution in [-0.4, -0.2) is 22.1 Å². The molecule has 1 heterocycles. The van der Waals surface area contributed by atoms with Crippen LogP contribution in [0.3, 0.4) is 0 Å². The van der Waals surface area contributed by atoms with Crippen molar-refractivity contribution in [1.82, 2.24) is 14.9 Å². The zero-order chi connectivity index (χ0) is 22.5. The molecule has 4 aromatic rings. The molecule has 0 fully saturated rings. The van der Waals surface area contributed by atoms with Crippen LogP contribution < -0.4 is 10.1 Å². The Hall–Kier alpha value is -3.31. The highest BCUT2D eigenvalue weighted by molar-refractivity contribution is 6.30. The molecule has 0 radical (unpaired) electrons. The van der Waals surface area contributed by atoms with E-state index in [1.165, 1.54) is 0 Å². The van der Waals surface area contributed by atoms with Crippen molar-refractivity contribution in [2.24, 2.45) is 0 Å². The van der Waals surface area contributed by atoms with Gasteiger partial charge in [-0.15, -0.1) is 0 Å². The number of nitrogens with one attached hydrogen (secondary N) is 1. The molecule has 0 aliphatic heterocycles. The number of rotatable bonds is 8. The van der Waals surface area contributed by atoms with E-state index in [4.69, 9.17) is 21.3 Å². The first-order chi connectivity index (χ1) is 15.5. The third kappa shape index (κ3) is 5.11. The van der Waals surface area contributed by atoms with Crippen LogP contribution in [-0.2, 0) is 11.3 Å². The fraction of sp³-hybridized carbons (Fsp3) is 0.231. The molecule has 164 valence electrons. The molecule has 0 saturated carbocycles. The predicted octanol–water partition coefficient (Wildman–Crippen LogP) is 5.69. The van der Waals surface area contributed by atoms with Crippen LogP contribution in [0.15, 0.2) is 72.8 Å². The largest absolute Gasteiger partial charge is 0.484 e. The molecule has 4 rings (SSSR count). The molecule has 3 aromatic carbocycles. The van der Waals surface area contributed by atoms with Gasteiger partial charge in [-0.3, -0.25) is 4.79 Å². The van der Waals surface area contributed by atoms with Crippen LogP contribution in [0, 0.1) is 6.92 Å². The van der Waals surface area contributed by atoms with Crippen molar-refractivity contribution < 1.29 is 9.53 Å². The molecule has 1 amide bonds. The van der Waals surface area contributed by atoms with Gasteiger partial charge >= 0.3 is 0 Å². The second-order valence-electron chi connectivity index (χ2n) is 7.80. The van der Waals surface area contributed by atoms with Crippen LogP contribution >= 0.6 is 11.6 Å². The van der Waals surface area contributed by atoms with Crippen molar-refractivity contribution >= 4 is 28.5 Å². The SMILES string of the molecule is CCC(NC(=O)COc1ccc(C)cc1)c1nc2ccccc2n1Cc1ccc(Cl)cc1. The second-order valence-corrected chi connectivity index (χ2v) is 8.24. The summed E-state index contributed by atoms with van der Waals surface area (Å²) < 4.78 is 7.81. The van der Waals surface area contributed by atoms with Crippen molar-refractivity contribution in [2.75, 3.05) is 6.61 Å². The number of amides is 1. The fourth-order valence-electron chi connectivity index (χ4n) is 3.67. The monoisotopic (exact) mass is 447 g/mol. The van der Waals surface area contributed by atoms with E-state index < -0.39 is 0 Å². The normalized spacial score (nSPS) is 12.0. The van der Waals surface area contributed by atoms with E-state index in [0.29, 0.717) is 23.7 Å². The summed E-state index contributed by atoms with van der Waals surface area (Å²) >= 11 is 6.05. The summed E-state index contributed by atoms with van der Waals surface area (Å²) in [5, 5.41) is 3.80. The molecular weight excluding hydrogens is 422 g/mol. The summed E-state index contributed by atoms with van der Waals surface area (Å²) in [7, 11) is 0. The Morgan fingerprint density at radius 2 is 1.78 bits per heavy atom. The molecule has 0 aliphatic carbocycles. The third-order valence-corrected chi connectivity index (χ3v) is 5.64. The minimum Gasteiger partial charge on any atom is -0.484 e. The number of carbonyl (C=O) groups is 1. The van der Waals surface area contributed by atoms with E-state index in [2.05, 4.69) is 16.0 Å². The lowest BCUT2D eigenvalue weighted by molar-refractivity contribution is -0.124. The Morgan fingerprint density at radius 3 is 2.50 bits per heavy atom. The summed E-state index contributed by atoms with van der Waals surface area (Å²) in [4.78, 5) is 17.5. The van der Waals surface area contributed by atoms with Gasteiger partial charge in [0.2, 0.25) is 0 Å². The van der Waals surface area contributed by atoms with Gasteiger partial charge in [0, 0.05) is 11.6 Å². The number of para-hydroxylation sites is 2. The predicted molar refractivity (Wildman–Crippen MR) is 128 cm³/mol. The van der Waals surface area contributed by atoms with Crippen molar-refractivity contribution in [3.63, 3.8) is 0 Å². The number of hydrogen-bond acceptors (Lipinski definition) is 3. The van der Waals surface area contributed by atoms with Crippen molar-refractivity contribution in [2.45, 2.75) is 32.9 Å². The molecular formula is C26H26ClN3O2. The molecule has 1 N–H and O–H groups in total. The number of benzene rings is 3. The van der Waals surface area contributed by atoms with E-state index in [0.717, 1.165) is 28.0 Å². The first-order valence-electron chi connectivity index (χ1n) is 10.7. The van der Waals surface area contributed by atoms with E-state index >= 15 is 0 Å². The van der Waals surface area contributed by atoms with Crippen molar-refractivity contribution in [1.29, 1.82) is 0 Å². The van der Waals surface area contributed by atoms with Gasteiger partial charge < -0.3 is 14.6 Å². The summed E-state index contributed by atoms with van der Waals surface area (Å²) in [5.41, 5.74) is 4.19. The average Bonchev–Trinajstić information content (AvgIpc) is 3.17. The number of aromatic nitrogens is 2. The molecule has 0 aliphatic rings. The number of fused-ring (bicyclic) bond motifs is 1. The highest BCUT2D eigenvalue weighted by Crippen LogP contribution is 2.24. The summed E-state index contributed by atoms with van der Waals surface area (Å²) in [6.07, 6.45) is 0.709. The zero-order valence-electron chi connectivity index (χ0n) is 18.2. The van der Waals surface area contributed by atoms with E-state index in [1.54, 1.807) is 0 Å². The number of imidazole rings is 1. The molecule has 1 atom stereocenters. The zero-order valence-corrected chi connectivity index (χ0v) is 19.0. The second kappa shape index (κ2) is 9.88. The van der Waals surface area contributed by atoms with Gasteiger partial charge in [0.25, 0.3) is 5.91 Å². The Kier molecular flexibility index (Phi) is 6.76. The maximum absolute atomic E-state index is 12.7. The Balaban J connectivity index is 1.55. The topological polar surface area (TPSA) is 56.1 Å². The summed E-state index contributed by atoms with van der Waals surface area (Å²) in [5.74, 6) is 1.32. The Morgan fingerprint density at radius 1 is 1.06 bits per heavy atom. The number of halogens is 1. The van der Waals surface area contributed by atoms with Crippen molar-refractivity contribution in [3.8, 4) is 5.75 Å². The van der Waals surface area contributed by atoms with Gasteiger partial charge in [0.1, 0.15) is 11.6 Å². The van der Waals surface area contributed by atoms with Gasteiger partial charge in [0.05, 0.1) is 17.1 Å². The molecule has 0 bridgehead atoms. The third-order valence-electron chi connectivity index (χ3n) is 5.38. The molecule has 1 aromatic heterocycles. The number of hydrogen-bond donors (Lipinski definition) is 1. The Bertz CT molecular complexity index is 1200. The van der Waals surface area contributed by atoms with Gasteiger partial charge in [-0.25, -0.2) is 4.98 Å². The Labute approximate surface area is 193 Å². The maximum Gasteiger partial charge on any atom is 0.258 e. The number of carbonyl (C=O) groups excluding carboxylic acids is 1. The molecule has 32 heavy (non-hydrogen) atoms. The minimum atomic E-state index is -0.233. The minimum absolute atomic E-state index is 0.0447. The standard InChI is InChI=1S/C26H26ClN3O2/c1-3-22(28-25(31)17-32-21-14-8-18(2)9-15-21)26-29-23-6-4-5-7-24(23)30(26)16-19-10-12-20(27)13-11-19/h4-15,22H,3,16-17H2,1-2H3,(H,28,31). The van der Waals surface area contributed by atoms with E-state index in [-0.39, 0.29) is 18.6 Å². The first-order valence-corrected chi connectivity index (χ1v) is 11.1. The summed E-state index contributed by atoms with van der Waals surface area (Å²) in [6.45, 7) is 4.65. The highest BCUT2D eigenvalue weighted by atomic mass is 35.5. The van der Waals surface area contributed by atoms with Gasteiger partial charge in [0.15, 0.2) is 6.61 Å². The highest BCUT2D eigenvalue weighted by Gasteiger charge is 2.21. The molecule has 1 unspecified atom stereocenters. The van der Waals surface area contributed by atoms with Crippen LogP contribution in [0.4, 0.5) is 0 Å². The lowest BCUT2D eigenvalue weighted by Crippen LogP contribution is -2.34. The summed E-state index contributed by atoms with van der Waals surface area (Å²) in [6, 6.07) is 23.2. The number of aryl methyl sites for hydroxylation is 1. The van der Waals surface area contributed by atoms with E-state index in [1.807, 2.05) is 80.6 Å². The molecule has 0 saturated heterocycles.